The van der Waals surface area contributed by atoms with E-state index in [2.05, 4.69) is 10.6 Å². The maximum absolute atomic E-state index is 12.7. The second-order valence-corrected chi connectivity index (χ2v) is 7.34. The van der Waals surface area contributed by atoms with E-state index in [0.29, 0.717) is 30.1 Å². The molecule has 3 amide bonds. The first-order chi connectivity index (χ1) is 12.2. The van der Waals surface area contributed by atoms with Crippen LogP contribution in [0.2, 0.25) is 0 Å². The van der Waals surface area contributed by atoms with Crippen molar-refractivity contribution in [1.82, 2.24) is 4.90 Å². The highest BCUT2D eigenvalue weighted by molar-refractivity contribution is 6.02. The number of anilines is 2. The van der Waals surface area contributed by atoms with Crippen LogP contribution in [-0.2, 0) is 14.3 Å². The highest BCUT2D eigenvalue weighted by atomic mass is 16.6. The van der Waals surface area contributed by atoms with E-state index in [9.17, 15) is 14.4 Å². The van der Waals surface area contributed by atoms with E-state index in [-0.39, 0.29) is 18.4 Å². The Hall–Kier alpha value is -2.77. The Kier molecular flexibility index (Phi) is 4.76. The highest BCUT2D eigenvalue weighted by Gasteiger charge is 2.37. The second kappa shape index (κ2) is 6.86. The van der Waals surface area contributed by atoms with Crippen molar-refractivity contribution in [1.29, 1.82) is 0 Å². The van der Waals surface area contributed by atoms with Crippen molar-refractivity contribution in [3.8, 4) is 5.75 Å². The number of rotatable bonds is 2. The first kappa shape index (κ1) is 18.0. The zero-order valence-electron chi connectivity index (χ0n) is 15.1. The summed E-state index contributed by atoms with van der Waals surface area (Å²) in [5.41, 5.74) is 0.351. The maximum atomic E-state index is 12.7. The zero-order chi connectivity index (χ0) is 18.9. The number of carbonyl (C=O) groups is 3. The molecule has 8 heteroatoms. The molecule has 0 radical (unpaired) electrons. The summed E-state index contributed by atoms with van der Waals surface area (Å²) in [6.07, 6.45) is 0.808. The van der Waals surface area contributed by atoms with E-state index in [4.69, 9.17) is 9.47 Å². The molecule has 2 heterocycles. The average molecular weight is 361 g/mol. The standard InChI is InChI=1S/C18H23N3O5/c1-18(2,3)26-17(24)21-9-5-8-13(21)16(23)20-12-7-4-6-11-15(12)25-10-14(22)19-11/h4,6-7,13H,5,8-10H2,1-3H3,(H,19,22)(H,20,23). The number of hydrogen-bond donors (Lipinski definition) is 2. The molecule has 0 aromatic heterocycles. The van der Waals surface area contributed by atoms with E-state index in [0.717, 1.165) is 6.42 Å². The molecule has 140 valence electrons. The van der Waals surface area contributed by atoms with Crippen LogP contribution in [0.25, 0.3) is 0 Å². The molecule has 2 aliphatic heterocycles. The number of ether oxygens (including phenoxy) is 2. The summed E-state index contributed by atoms with van der Waals surface area (Å²) in [7, 11) is 0. The van der Waals surface area contributed by atoms with Crippen molar-refractivity contribution in [3.05, 3.63) is 18.2 Å². The summed E-state index contributed by atoms with van der Waals surface area (Å²) >= 11 is 0. The van der Waals surface area contributed by atoms with Crippen LogP contribution in [0.5, 0.6) is 5.75 Å². The van der Waals surface area contributed by atoms with Crippen molar-refractivity contribution in [2.75, 3.05) is 23.8 Å². The third-order valence-electron chi connectivity index (χ3n) is 4.08. The van der Waals surface area contributed by atoms with Gasteiger partial charge in [0, 0.05) is 6.54 Å². The smallest absolute Gasteiger partial charge is 0.410 e. The number of nitrogens with zero attached hydrogens (tertiary/aromatic N) is 1. The molecule has 1 aromatic rings. The minimum absolute atomic E-state index is 0.104. The Labute approximate surface area is 151 Å². The molecule has 1 unspecified atom stereocenters. The maximum Gasteiger partial charge on any atom is 0.410 e. The van der Waals surface area contributed by atoms with Gasteiger partial charge >= 0.3 is 6.09 Å². The lowest BCUT2D eigenvalue weighted by Gasteiger charge is -2.28. The van der Waals surface area contributed by atoms with Crippen LogP contribution in [-0.4, -0.2) is 47.6 Å². The fourth-order valence-electron chi connectivity index (χ4n) is 3.01. The molecule has 0 aliphatic carbocycles. The van der Waals surface area contributed by atoms with Crippen LogP contribution in [0.15, 0.2) is 18.2 Å². The number of hydrogen-bond acceptors (Lipinski definition) is 5. The number of carbonyl (C=O) groups excluding carboxylic acids is 3. The molecule has 1 aromatic carbocycles. The highest BCUT2D eigenvalue weighted by Crippen LogP contribution is 2.36. The van der Waals surface area contributed by atoms with Gasteiger partial charge in [-0.15, -0.1) is 0 Å². The summed E-state index contributed by atoms with van der Waals surface area (Å²) in [5, 5.41) is 5.51. The van der Waals surface area contributed by atoms with Gasteiger partial charge in [0.1, 0.15) is 11.6 Å². The van der Waals surface area contributed by atoms with E-state index >= 15 is 0 Å². The first-order valence-corrected chi connectivity index (χ1v) is 8.61. The van der Waals surface area contributed by atoms with Crippen molar-refractivity contribution in [2.45, 2.75) is 45.3 Å². The monoisotopic (exact) mass is 361 g/mol. The Balaban J connectivity index is 1.73. The Morgan fingerprint density at radius 2 is 2.12 bits per heavy atom. The molecule has 2 N–H and O–H groups in total. The van der Waals surface area contributed by atoms with Crippen LogP contribution in [0.3, 0.4) is 0 Å². The van der Waals surface area contributed by atoms with Crippen LogP contribution < -0.4 is 15.4 Å². The fourth-order valence-corrected chi connectivity index (χ4v) is 3.01. The Morgan fingerprint density at radius 3 is 2.85 bits per heavy atom. The van der Waals surface area contributed by atoms with Crippen molar-refractivity contribution < 1.29 is 23.9 Å². The van der Waals surface area contributed by atoms with E-state index in [1.807, 2.05) is 0 Å². The normalized spacial score (nSPS) is 19.3. The summed E-state index contributed by atoms with van der Waals surface area (Å²) in [4.78, 5) is 38.0. The molecule has 26 heavy (non-hydrogen) atoms. The predicted octanol–water partition coefficient (Wildman–Crippen LogP) is 2.36. The third kappa shape index (κ3) is 3.89. The third-order valence-corrected chi connectivity index (χ3v) is 4.08. The molecular formula is C18H23N3O5. The summed E-state index contributed by atoms with van der Waals surface area (Å²) in [6.45, 7) is 5.74. The van der Waals surface area contributed by atoms with Crippen LogP contribution in [0.1, 0.15) is 33.6 Å². The number of fused-ring (bicyclic) bond motifs is 1. The molecule has 2 aliphatic rings. The van der Waals surface area contributed by atoms with Gasteiger partial charge in [0.05, 0.1) is 11.4 Å². The van der Waals surface area contributed by atoms with Gasteiger partial charge < -0.3 is 20.1 Å². The van der Waals surface area contributed by atoms with E-state index < -0.39 is 17.7 Å². The second-order valence-electron chi connectivity index (χ2n) is 7.34. The summed E-state index contributed by atoms with van der Waals surface area (Å²) < 4.78 is 10.8. The van der Waals surface area contributed by atoms with Gasteiger partial charge in [-0.1, -0.05) is 6.07 Å². The molecule has 3 rings (SSSR count). The topological polar surface area (TPSA) is 97.0 Å². The summed E-state index contributed by atoms with van der Waals surface area (Å²) in [6, 6.07) is 4.51. The van der Waals surface area contributed by atoms with Crippen molar-refractivity contribution >= 4 is 29.3 Å². The number of amides is 3. The molecular weight excluding hydrogens is 338 g/mol. The van der Waals surface area contributed by atoms with Crippen molar-refractivity contribution in [2.24, 2.45) is 0 Å². The summed E-state index contributed by atoms with van der Waals surface area (Å²) in [5.74, 6) is -0.127. The largest absolute Gasteiger partial charge is 0.479 e. The number of nitrogens with one attached hydrogen (secondary N) is 2. The molecule has 0 saturated carbocycles. The van der Waals surface area contributed by atoms with Crippen LogP contribution in [0.4, 0.5) is 16.2 Å². The van der Waals surface area contributed by atoms with Crippen molar-refractivity contribution in [3.63, 3.8) is 0 Å². The number of para-hydroxylation sites is 1. The predicted molar refractivity (Wildman–Crippen MR) is 95.2 cm³/mol. The van der Waals surface area contributed by atoms with Gasteiger partial charge in [-0.3, -0.25) is 14.5 Å². The molecule has 0 spiro atoms. The molecule has 1 fully saturated rings. The van der Waals surface area contributed by atoms with Gasteiger partial charge in [0.25, 0.3) is 5.91 Å². The molecule has 0 bridgehead atoms. The number of benzene rings is 1. The molecule has 1 atom stereocenters. The Bertz CT molecular complexity index is 741. The fraction of sp³-hybridized carbons (Fsp3) is 0.500. The van der Waals surface area contributed by atoms with Crippen LogP contribution in [0, 0.1) is 0 Å². The lowest BCUT2D eigenvalue weighted by atomic mass is 10.1. The average Bonchev–Trinajstić information content (AvgIpc) is 3.03. The lowest BCUT2D eigenvalue weighted by Crippen LogP contribution is -2.45. The van der Waals surface area contributed by atoms with E-state index in [1.165, 1.54) is 4.90 Å². The van der Waals surface area contributed by atoms with Gasteiger partial charge in [-0.05, 0) is 45.7 Å². The van der Waals surface area contributed by atoms with Gasteiger partial charge in [-0.25, -0.2) is 4.79 Å². The van der Waals surface area contributed by atoms with Crippen LogP contribution >= 0.6 is 0 Å². The van der Waals surface area contributed by atoms with E-state index in [1.54, 1.807) is 39.0 Å². The Morgan fingerprint density at radius 1 is 1.35 bits per heavy atom. The SMILES string of the molecule is CC(C)(C)OC(=O)N1CCCC1C(=O)Nc1cccc2c1OCC(=O)N2. The molecule has 1 saturated heterocycles. The zero-order valence-corrected chi connectivity index (χ0v) is 15.1. The lowest BCUT2D eigenvalue weighted by molar-refractivity contribution is -0.120. The number of likely N-dealkylation sites (tertiary alicyclic amines) is 1. The van der Waals surface area contributed by atoms with Gasteiger partial charge in [0.2, 0.25) is 5.91 Å². The molecule has 8 nitrogen and oxygen atoms in total. The minimum atomic E-state index is -0.620. The van der Waals surface area contributed by atoms with Gasteiger partial charge in [0.15, 0.2) is 12.4 Å². The van der Waals surface area contributed by atoms with Gasteiger partial charge in [-0.2, -0.15) is 0 Å². The minimum Gasteiger partial charge on any atom is -0.479 e. The first-order valence-electron chi connectivity index (χ1n) is 8.61. The quantitative estimate of drug-likeness (QED) is 0.843.